The van der Waals surface area contributed by atoms with Gasteiger partial charge in [0.1, 0.15) is 36.0 Å². The highest BCUT2D eigenvalue weighted by atomic mass is 32.2. The van der Waals surface area contributed by atoms with Gasteiger partial charge in [0.25, 0.3) is 0 Å². The van der Waals surface area contributed by atoms with E-state index in [1.807, 2.05) is 0 Å². The number of fused-ring (bicyclic) bond motifs is 1. The Morgan fingerprint density at radius 1 is 1.11 bits per heavy atom. The first-order valence-corrected chi connectivity index (χ1v) is 19.2. The number of alkyl halides is 1. The fourth-order valence-electron chi connectivity index (χ4n) is 6.14. The zero-order chi connectivity index (χ0) is 33.1. The van der Waals surface area contributed by atoms with Gasteiger partial charge in [-0.3, -0.25) is 4.18 Å². The first-order valence-electron chi connectivity index (χ1n) is 14.7. The Balaban J connectivity index is 1.63. The number of esters is 1. The predicted molar refractivity (Wildman–Crippen MR) is 171 cm³/mol. The number of carbonyl (C=O) groups excluding carboxylic acids is 1. The molecule has 45 heavy (non-hydrogen) atoms. The average molecular weight is 685 g/mol. The Labute approximate surface area is 267 Å². The van der Waals surface area contributed by atoms with E-state index in [1.165, 1.54) is 22.8 Å². The third kappa shape index (κ3) is 7.66. The van der Waals surface area contributed by atoms with Crippen molar-refractivity contribution in [2.24, 2.45) is 5.14 Å². The highest BCUT2D eigenvalue weighted by Gasteiger charge is 2.55. The van der Waals surface area contributed by atoms with Gasteiger partial charge in [0.15, 0.2) is 18.0 Å². The van der Waals surface area contributed by atoms with Gasteiger partial charge in [0, 0.05) is 5.75 Å². The molecule has 0 radical (unpaired) electrons. The fraction of sp³-hybridized carbons (Fsp3) is 0.571. The number of nitrogens with two attached hydrogens (primary N) is 2. The second-order valence-corrected chi connectivity index (χ2v) is 19.5. The first kappa shape index (κ1) is 35.2. The molecule has 13 nitrogen and oxygen atoms in total. The third-order valence-electron chi connectivity index (χ3n) is 8.00. The average Bonchev–Trinajstić information content (AvgIpc) is 3.49. The largest absolute Gasteiger partial charge is 0.461 e. The van der Waals surface area contributed by atoms with Crippen LogP contribution in [0.5, 0.6) is 0 Å². The van der Waals surface area contributed by atoms with Crippen LogP contribution in [0.15, 0.2) is 41.7 Å². The number of hydrogen-bond acceptors (Lipinski definition) is 12. The molecular formula is C28H41FN6O7S2Si. The van der Waals surface area contributed by atoms with E-state index < -0.39 is 55.8 Å². The van der Waals surface area contributed by atoms with Gasteiger partial charge in [-0.2, -0.15) is 13.5 Å². The number of aromatic nitrogens is 4. The molecule has 0 aliphatic carbocycles. The summed E-state index contributed by atoms with van der Waals surface area (Å²) in [6.07, 6.45) is -4.21. The maximum atomic E-state index is 16.7. The van der Waals surface area contributed by atoms with E-state index >= 15 is 4.39 Å². The highest BCUT2D eigenvalue weighted by molar-refractivity contribution is 7.99. The number of ether oxygens (including phenoxy) is 2. The van der Waals surface area contributed by atoms with E-state index in [4.69, 9.17) is 29.0 Å². The highest BCUT2D eigenvalue weighted by Crippen LogP contribution is 2.47. The van der Waals surface area contributed by atoms with Crippen LogP contribution in [0.25, 0.3) is 11.0 Å². The Kier molecular flexibility index (Phi) is 11.3. The van der Waals surface area contributed by atoms with E-state index in [1.54, 1.807) is 30.3 Å². The van der Waals surface area contributed by atoms with Crippen LogP contribution in [0.3, 0.4) is 0 Å². The van der Waals surface area contributed by atoms with Crippen molar-refractivity contribution in [2.45, 2.75) is 87.8 Å². The minimum Gasteiger partial charge on any atom is -0.461 e. The second-order valence-electron chi connectivity index (χ2n) is 11.7. The summed E-state index contributed by atoms with van der Waals surface area (Å²) < 4.78 is 64.5. The summed E-state index contributed by atoms with van der Waals surface area (Å²) in [6, 6.07) is 8.61. The molecule has 1 aromatic carbocycles. The fourth-order valence-corrected chi connectivity index (χ4v) is 12.9. The van der Waals surface area contributed by atoms with E-state index in [0.29, 0.717) is 21.7 Å². The number of thioether (sulfide) groups is 1. The summed E-state index contributed by atoms with van der Waals surface area (Å²) >= 11 is 1.23. The molecule has 0 saturated carbocycles. The maximum Gasteiger partial charge on any atom is 0.338 e. The van der Waals surface area contributed by atoms with Gasteiger partial charge >= 0.3 is 16.3 Å². The number of halogens is 1. The van der Waals surface area contributed by atoms with Crippen LogP contribution < -0.4 is 10.9 Å². The van der Waals surface area contributed by atoms with Crippen LogP contribution in [0, 0.1) is 0 Å². The van der Waals surface area contributed by atoms with Crippen molar-refractivity contribution in [2.75, 3.05) is 24.7 Å². The van der Waals surface area contributed by atoms with E-state index in [9.17, 15) is 13.2 Å². The molecule has 4 N–H and O–H groups in total. The van der Waals surface area contributed by atoms with Gasteiger partial charge in [-0.1, -0.05) is 59.7 Å². The minimum atomic E-state index is -4.35. The van der Waals surface area contributed by atoms with Gasteiger partial charge < -0.3 is 19.6 Å². The molecule has 2 aromatic heterocycles. The molecule has 0 amide bonds. The van der Waals surface area contributed by atoms with Crippen LogP contribution in [-0.2, 0) is 28.4 Å². The van der Waals surface area contributed by atoms with Crippen molar-refractivity contribution in [3.05, 3.63) is 42.2 Å². The molecule has 4 rings (SSSR count). The quantitative estimate of drug-likeness (QED) is 0.106. The number of carbonyl (C=O) groups is 1. The Bertz CT molecular complexity index is 1560. The molecule has 1 fully saturated rings. The lowest BCUT2D eigenvalue weighted by molar-refractivity contribution is -0.0448. The molecule has 0 bridgehead atoms. The number of hydrogen-bond donors (Lipinski definition) is 2. The Morgan fingerprint density at radius 2 is 1.76 bits per heavy atom. The van der Waals surface area contributed by atoms with Crippen LogP contribution in [0.1, 0.15) is 58.1 Å². The maximum absolute atomic E-state index is 16.7. The number of nitrogens with zero attached hydrogens (tertiary/aromatic N) is 4. The van der Waals surface area contributed by atoms with Gasteiger partial charge in [0.05, 0.1) is 17.6 Å². The summed E-state index contributed by atoms with van der Waals surface area (Å²) in [6.45, 7) is 11.9. The normalized spacial score (nSPS) is 21.0. The molecule has 0 spiro atoms. The zero-order valence-electron chi connectivity index (χ0n) is 26.1. The molecule has 248 valence electrons. The smallest absolute Gasteiger partial charge is 0.338 e. The summed E-state index contributed by atoms with van der Waals surface area (Å²) in [5.74, 6) is -0.0290. The van der Waals surface area contributed by atoms with Crippen molar-refractivity contribution in [3.63, 3.8) is 0 Å². The summed E-state index contributed by atoms with van der Waals surface area (Å²) in [7, 11) is -7.02. The lowest BCUT2D eigenvalue weighted by atomic mass is 10.1. The van der Waals surface area contributed by atoms with Crippen LogP contribution >= 0.6 is 11.8 Å². The van der Waals surface area contributed by atoms with Crippen LogP contribution in [0.4, 0.5) is 10.2 Å². The molecule has 3 aromatic rings. The van der Waals surface area contributed by atoms with Crippen molar-refractivity contribution in [1.29, 1.82) is 0 Å². The van der Waals surface area contributed by atoms with Crippen molar-refractivity contribution < 1.29 is 35.7 Å². The van der Waals surface area contributed by atoms with Crippen molar-refractivity contribution >= 4 is 53.2 Å². The molecule has 17 heteroatoms. The minimum absolute atomic E-state index is 0.0706. The first-order chi connectivity index (χ1) is 21.2. The van der Waals surface area contributed by atoms with Crippen LogP contribution in [0.2, 0.25) is 16.6 Å². The van der Waals surface area contributed by atoms with Gasteiger partial charge in [0.2, 0.25) is 8.32 Å². The van der Waals surface area contributed by atoms with E-state index in [2.05, 4.69) is 56.6 Å². The number of benzene rings is 1. The number of anilines is 1. The van der Waals surface area contributed by atoms with E-state index in [-0.39, 0.29) is 34.7 Å². The second kappa shape index (κ2) is 14.4. The van der Waals surface area contributed by atoms with Crippen molar-refractivity contribution in [3.8, 4) is 0 Å². The standard InChI is InChI=1S/C28H41FN6O7S2Si/c1-16(2)45(17(3)4,18(5)6)42-23-20(14-40-44(31,37)38)41-27(22(23)29)35-25-21(24(30)32-15-33-25)26(34-35)43-13-12-39-28(36)19-10-8-7-9-11-19/h7-11,15-18,20,22-23,27H,12-14H2,1-6H3,(H2,30,32,33)(H2,31,37,38)/t20-,22-,23-,27-/m1/s1. The summed E-state index contributed by atoms with van der Waals surface area (Å²) in [4.78, 5) is 20.7. The van der Waals surface area contributed by atoms with E-state index in [0.717, 1.165) is 0 Å². The lowest BCUT2D eigenvalue weighted by Crippen LogP contribution is -2.53. The number of nitrogen functional groups attached to an aromatic ring is 1. The SMILES string of the molecule is CC(C)[Si](O[C@H]1[C@@H](F)[C@H](n2nc(SCCOC(=O)c3ccccc3)c3c(N)ncnc32)O[C@@H]1COS(N)(=O)=O)(C(C)C)C(C)C. The van der Waals surface area contributed by atoms with Gasteiger partial charge in [-0.25, -0.2) is 29.0 Å². The predicted octanol–water partition coefficient (Wildman–Crippen LogP) is 4.37. The summed E-state index contributed by atoms with van der Waals surface area (Å²) in [5, 5.41) is 10.5. The molecule has 0 unspecified atom stereocenters. The molecular weight excluding hydrogens is 644 g/mol. The molecule has 1 aliphatic heterocycles. The summed E-state index contributed by atoms with van der Waals surface area (Å²) in [5.41, 5.74) is 7.19. The number of rotatable bonds is 14. The Hall–Kier alpha value is -2.67. The molecule has 1 aliphatic rings. The molecule has 4 atom stereocenters. The zero-order valence-corrected chi connectivity index (χ0v) is 28.8. The van der Waals surface area contributed by atoms with Crippen molar-refractivity contribution in [1.82, 2.24) is 19.7 Å². The lowest BCUT2D eigenvalue weighted by Gasteiger charge is -2.44. The molecule has 1 saturated heterocycles. The van der Waals surface area contributed by atoms with Crippen LogP contribution in [-0.4, -0.2) is 79.8 Å². The third-order valence-corrected chi connectivity index (χ3v) is 15.5. The Morgan fingerprint density at radius 3 is 2.36 bits per heavy atom. The molecule has 3 heterocycles. The topological polar surface area (TPSA) is 184 Å². The van der Waals surface area contributed by atoms with Gasteiger partial charge in [-0.05, 0) is 28.8 Å². The van der Waals surface area contributed by atoms with Gasteiger partial charge in [-0.15, -0.1) is 11.8 Å². The monoisotopic (exact) mass is 684 g/mol.